The third-order valence-electron chi connectivity index (χ3n) is 5.68. The van der Waals surface area contributed by atoms with E-state index in [1.807, 2.05) is 42.6 Å². The molecule has 0 bridgehead atoms. The Morgan fingerprint density at radius 3 is 2.48 bits per heavy atom. The molecule has 4 nitrogen and oxygen atoms in total. The van der Waals surface area contributed by atoms with Gasteiger partial charge in [-0.3, -0.25) is 0 Å². The number of aromatic nitrogens is 1. The van der Waals surface area contributed by atoms with Crippen molar-refractivity contribution in [1.82, 2.24) is 10.3 Å². The van der Waals surface area contributed by atoms with Crippen molar-refractivity contribution in [2.75, 3.05) is 13.2 Å². The smallest absolute Gasteiger partial charge is 0.407 e. The lowest BCUT2D eigenvalue weighted by atomic mass is 9.98. The Labute approximate surface area is 179 Å². The van der Waals surface area contributed by atoms with Gasteiger partial charge in [0, 0.05) is 29.6 Å². The third kappa shape index (κ3) is 3.70. The number of rotatable bonds is 5. The molecule has 154 valence electrons. The Hall–Kier alpha value is -3.86. The van der Waals surface area contributed by atoms with Gasteiger partial charge in [0.1, 0.15) is 12.4 Å². The van der Waals surface area contributed by atoms with E-state index in [9.17, 15) is 9.18 Å². The van der Waals surface area contributed by atoms with Crippen LogP contribution >= 0.6 is 0 Å². The quantitative estimate of drug-likeness (QED) is 0.431. The van der Waals surface area contributed by atoms with Gasteiger partial charge in [-0.05, 0) is 46.0 Å². The summed E-state index contributed by atoms with van der Waals surface area (Å²) in [4.78, 5) is 15.3. The van der Waals surface area contributed by atoms with Crippen LogP contribution in [0.2, 0.25) is 0 Å². The first-order valence-corrected chi connectivity index (χ1v) is 10.2. The van der Waals surface area contributed by atoms with Crippen molar-refractivity contribution in [3.8, 4) is 11.1 Å². The van der Waals surface area contributed by atoms with Crippen molar-refractivity contribution < 1.29 is 13.9 Å². The van der Waals surface area contributed by atoms with Crippen molar-refractivity contribution in [1.29, 1.82) is 0 Å². The minimum absolute atomic E-state index is 0.0420. The maximum atomic E-state index is 13.3. The number of ether oxygens (including phenoxy) is 1. The zero-order valence-electron chi connectivity index (χ0n) is 16.8. The molecule has 0 unspecified atom stereocenters. The lowest BCUT2D eigenvalue weighted by molar-refractivity contribution is 0.144. The first-order valence-electron chi connectivity index (χ1n) is 10.2. The van der Waals surface area contributed by atoms with Crippen LogP contribution < -0.4 is 5.32 Å². The van der Waals surface area contributed by atoms with Gasteiger partial charge in [-0.2, -0.15) is 0 Å². The van der Waals surface area contributed by atoms with Gasteiger partial charge in [0.15, 0.2) is 0 Å². The lowest BCUT2D eigenvalue weighted by Crippen LogP contribution is -2.26. The predicted octanol–water partition coefficient (Wildman–Crippen LogP) is 5.86. The Morgan fingerprint density at radius 2 is 1.74 bits per heavy atom. The Kier molecular flexibility index (Phi) is 5.00. The van der Waals surface area contributed by atoms with Gasteiger partial charge in [-0.15, -0.1) is 0 Å². The van der Waals surface area contributed by atoms with E-state index < -0.39 is 6.09 Å². The van der Waals surface area contributed by atoms with Gasteiger partial charge in [0.2, 0.25) is 0 Å². The molecular weight excluding hydrogens is 391 g/mol. The fourth-order valence-corrected chi connectivity index (χ4v) is 4.24. The number of amides is 1. The average molecular weight is 412 g/mol. The van der Waals surface area contributed by atoms with Gasteiger partial charge in [-0.1, -0.05) is 60.7 Å². The van der Waals surface area contributed by atoms with Crippen LogP contribution in [-0.2, 0) is 4.74 Å². The molecule has 5 rings (SSSR count). The molecule has 0 atom stereocenters. The maximum Gasteiger partial charge on any atom is 0.407 e. The molecular formula is C26H21FN2O2. The van der Waals surface area contributed by atoms with Gasteiger partial charge in [0.05, 0.1) is 0 Å². The van der Waals surface area contributed by atoms with E-state index in [0.717, 1.165) is 16.5 Å². The van der Waals surface area contributed by atoms with E-state index in [2.05, 4.69) is 34.6 Å². The summed E-state index contributed by atoms with van der Waals surface area (Å²) < 4.78 is 18.8. The van der Waals surface area contributed by atoms with Crippen LogP contribution in [0.1, 0.15) is 22.6 Å². The van der Waals surface area contributed by atoms with Crippen LogP contribution in [0, 0.1) is 5.82 Å². The molecule has 4 aromatic rings. The van der Waals surface area contributed by atoms with Crippen molar-refractivity contribution in [3.63, 3.8) is 0 Å². The molecule has 3 aromatic carbocycles. The van der Waals surface area contributed by atoms with E-state index in [1.54, 1.807) is 6.07 Å². The van der Waals surface area contributed by atoms with Crippen molar-refractivity contribution in [3.05, 3.63) is 102 Å². The van der Waals surface area contributed by atoms with Gasteiger partial charge in [0.25, 0.3) is 0 Å². The molecule has 0 spiro atoms. The zero-order valence-corrected chi connectivity index (χ0v) is 16.8. The standard InChI is InChI=1S/C26H21FN2O2/c27-18-11-12-19-17(15-29-25(19)14-18)6-5-13-28-26(30)31-16-24-22-9-3-1-7-20(22)21-8-2-4-10-23(21)24/h1-12,14-15,24,29H,13,16H2,(H,28,30). The fraction of sp³-hybridized carbons (Fsp3) is 0.115. The average Bonchev–Trinajstić information content (AvgIpc) is 3.34. The van der Waals surface area contributed by atoms with Crippen LogP contribution in [0.15, 0.2) is 79.0 Å². The van der Waals surface area contributed by atoms with Crippen LogP contribution in [0.5, 0.6) is 0 Å². The first-order chi connectivity index (χ1) is 15.2. The maximum absolute atomic E-state index is 13.3. The minimum Gasteiger partial charge on any atom is -0.449 e. The second kappa shape index (κ2) is 8.11. The van der Waals surface area contributed by atoms with Gasteiger partial charge < -0.3 is 15.0 Å². The summed E-state index contributed by atoms with van der Waals surface area (Å²) in [5.74, 6) is -0.234. The van der Waals surface area contributed by atoms with Crippen molar-refractivity contribution in [2.45, 2.75) is 5.92 Å². The molecule has 5 heteroatoms. The summed E-state index contributed by atoms with van der Waals surface area (Å²) in [6.07, 6.45) is 5.09. The van der Waals surface area contributed by atoms with Gasteiger partial charge in [-0.25, -0.2) is 9.18 Å². The van der Waals surface area contributed by atoms with Crippen LogP contribution in [0.4, 0.5) is 9.18 Å². The summed E-state index contributed by atoms with van der Waals surface area (Å²) in [6, 6.07) is 21.1. The molecule has 0 fully saturated rings. The highest BCUT2D eigenvalue weighted by Gasteiger charge is 2.28. The highest BCUT2D eigenvalue weighted by molar-refractivity contribution is 5.88. The van der Waals surface area contributed by atoms with E-state index in [0.29, 0.717) is 6.54 Å². The number of halogens is 1. The van der Waals surface area contributed by atoms with Crippen LogP contribution in [0.3, 0.4) is 0 Å². The number of benzene rings is 3. The number of aromatic amines is 1. The van der Waals surface area contributed by atoms with E-state index in [-0.39, 0.29) is 18.3 Å². The van der Waals surface area contributed by atoms with E-state index >= 15 is 0 Å². The van der Waals surface area contributed by atoms with E-state index in [1.165, 1.54) is 34.4 Å². The summed E-state index contributed by atoms with van der Waals surface area (Å²) >= 11 is 0. The van der Waals surface area contributed by atoms with Crippen molar-refractivity contribution >= 4 is 23.1 Å². The molecule has 1 aromatic heterocycles. The molecule has 0 saturated heterocycles. The molecule has 0 aliphatic heterocycles. The molecule has 0 saturated carbocycles. The molecule has 1 heterocycles. The second-order valence-electron chi connectivity index (χ2n) is 7.54. The number of H-pyrrole nitrogens is 1. The molecule has 1 aliphatic rings. The van der Waals surface area contributed by atoms with E-state index in [4.69, 9.17) is 4.74 Å². The lowest BCUT2D eigenvalue weighted by Gasteiger charge is -2.14. The van der Waals surface area contributed by atoms with Crippen LogP contribution in [-0.4, -0.2) is 24.2 Å². The normalized spacial score (nSPS) is 12.8. The Balaban J connectivity index is 1.19. The SMILES string of the molecule is O=C(NCC=Cc1c[nH]c2cc(F)ccc12)OCC1c2ccccc2-c2ccccc21. The van der Waals surface area contributed by atoms with Gasteiger partial charge >= 0.3 is 6.09 Å². The number of hydrogen-bond donors (Lipinski definition) is 2. The topological polar surface area (TPSA) is 54.1 Å². The second-order valence-corrected chi connectivity index (χ2v) is 7.54. The highest BCUT2D eigenvalue weighted by Crippen LogP contribution is 2.44. The Bertz CT molecular complexity index is 1250. The summed E-state index contributed by atoms with van der Waals surface area (Å²) in [5, 5.41) is 3.69. The number of nitrogens with one attached hydrogen (secondary N) is 2. The highest BCUT2D eigenvalue weighted by atomic mass is 19.1. The molecule has 0 radical (unpaired) electrons. The minimum atomic E-state index is -0.451. The summed E-state index contributed by atoms with van der Waals surface area (Å²) in [5.41, 5.74) is 6.45. The summed E-state index contributed by atoms with van der Waals surface area (Å²) in [6.45, 7) is 0.627. The van der Waals surface area contributed by atoms with Crippen molar-refractivity contribution in [2.24, 2.45) is 0 Å². The molecule has 1 amide bonds. The predicted molar refractivity (Wildman–Crippen MR) is 120 cm³/mol. The molecule has 1 aliphatic carbocycles. The number of carbonyl (C=O) groups excluding carboxylic acids is 1. The number of fused-ring (bicyclic) bond motifs is 4. The van der Waals surface area contributed by atoms with Crippen LogP contribution in [0.25, 0.3) is 28.1 Å². The summed E-state index contributed by atoms with van der Waals surface area (Å²) in [7, 11) is 0. The third-order valence-corrected chi connectivity index (χ3v) is 5.68. The fourth-order valence-electron chi connectivity index (χ4n) is 4.24. The first kappa shape index (κ1) is 19.1. The monoisotopic (exact) mass is 412 g/mol. The Morgan fingerprint density at radius 1 is 1.03 bits per heavy atom. The molecule has 2 N–H and O–H groups in total. The number of hydrogen-bond acceptors (Lipinski definition) is 2. The largest absolute Gasteiger partial charge is 0.449 e. The number of carbonyl (C=O) groups is 1. The zero-order chi connectivity index (χ0) is 21.2. The molecule has 31 heavy (non-hydrogen) atoms. The number of alkyl carbamates (subject to hydrolysis) is 1.